The van der Waals surface area contributed by atoms with Gasteiger partial charge in [-0.2, -0.15) is 0 Å². The Kier molecular flexibility index (Phi) is 11.9. The van der Waals surface area contributed by atoms with Gasteiger partial charge in [-0.1, -0.05) is 71.7 Å². The first-order chi connectivity index (χ1) is 27.1. The maximum absolute atomic E-state index is 13.3. The van der Waals surface area contributed by atoms with Crippen molar-refractivity contribution < 1.29 is 48.0 Å². The fourth-order valence-corrected chi connectivity index (χ4v) is 8.25. The van der Waals surface area contributed by atoms with Gasteiger partial charge in [-0.05, 0) is 85.3 Å². The minimum atomic E-state index is -1.53. The second-order valence-corrected chi connectivity index (χ2v) is 14.7. The Bertz CT molecular complexity index is 2170. The van der Waals surface area contributed by atoms with Crippen LogP contribution in [-0.2, 0) is 17.8 Å². The number of pyridine rings is 1. The van der Waals surface area contributed by atoms with Gasteiger partial charge in [0.1, 0.15) is 40.2 Å². The van der Waals surface area contributed by atoms with Crippen LogP contribution in [0.5, 0.6) is 17.2 Å². The Morgan fingerprint density at radius 2 is 1.64 bits per heavy atom. The molecule has 3 aliphatic rings. The maximum atomic E-state index is 13.3. The average Bonchev–Trinajstić information content (AvgIpc) is 3.64. The predicted molar refractivity (Wildman–Crippen MR) is 204 cm³/mol. The van der Waals surface area contributed by atoms with Crippen LogP contribution in [0.15, 0.2) is 95.7 Å². The number of aromatic nitrogens is 1. The van der Waals surface area contributed by atoms with Crippen LogP contribution in [0.25, 0.3) is 0 Å². The van der Waals surface area contributed by atoms with Crippen LogP contribution < -0.4 is 29.4 Å². The Morgan fingerprint density at radius 3 is 2.30 bits per heavy atom. The van der Waals surface area contributed by atoms with Crippen LogP contribution in [0, 0.1) is 5.92 Å². The molecule has 0 saturated carbocycles. The summed E-state index contributed by atoms with van der Waals surface area (Å²) in [6.07, 6.45) is 4.11. The number of carbonyl (C=O) groups is 2. The van der Waals surface area contributed by atoms with E-state index in [2.05, 4.69) is 10.2 Å². The Labute approximate surface area is 334 Å². The summed E-state index contributed by atoms with van der Waals surface area (Å²) >= 11 is 13.1. The van der Waals surface area contributed by atoms with E-state index in [1.54, 1.807) is 30.3 Å². The van der Waals surface area contributed by atoms with Gasteiger partial charge < -0.3 is 38.6 Å². The van der Waals surface area contributed by atoms with Crippen molar-refractivity contribution in [2.24, 2.45) is 5.92 Å². The number of nitrogens with one attached hydrogen (secondary N) is 1. The molecule has 3 atom stereocenters. The van der Waals surface area contributed by atoms with Crippen molar-refractivity contribution in [3.63, 3.8) is 0 Å². The van der Waals surface area contributed by atoms with Crippen molar-refractivity contribution in [3.05, 3.63) is 141 Å². The van der Waals surface area contributed by atoms with E-state index in [1.165, 1.54) is 26.6 Å². The molecule has 3 aliphatic heterocycles. The highest BCUT2D eigenvalue weighted by Crippen LogP contribution is 2.40. The standard InChI is InChI=1S/C42H41Cl2N3O9/c1-52-36-12-11-27(18-37(36)53-2)31(20-33-34(43)21-47(51)22-35(33)44)32-19-30(55-40(32)41(48)49)24-54-29-10-6-9-28(17-29)39(26-7-4-3-5-8-26)45-42(50)56-38-23-46-15-13-25(38)14-16-46/h3-12,17-19,21-22,25,31,38-39H,13-16,20,23-24H2,1-2H3,(H2-,45,48,49,50,51)/t31-,38+,39+/m1/s1. The minimum absolute atomic E-state index is 0.117. The number of hydrogen-bond acceptors (Lipinski definition) is 10. The minimum Gasteiger partial charge on any atom is -0.542 e. The molecular formula is C42H41Cl2N3O9. The molecular weight excluding hydrogens is 761 g/mol. The fraction of sp³-hybridized carbons (Fsp3) is 0.310. The van der Waals surface area contributed by atoms with E-state index in [0.29, 0.717) is 34.3 Å². The number of piperidine rings is 3. The van der Waals surface area contributed by atoms with E-state index in [4.69, 9.17) is 46.6 Å². The number of fused-ring (bicyclic) bond motifs is 3. The lowest BCUT2D eigenvalue weighted by atomic mass is 9.85. The largest absolute Gasteiger partial charge is 0.542 e. The van der Waals surface area contributed by atoms with Crippen molar-refractivity contribution in [3.8, 4) is 17.2 Å². The van der Waals surface area contributed by atoms with Crippen LogP contribution in [0.4, 0.5) is 4.79 Å². The van der Waals surface area contributed by atoms with Crippen LogP contribution in [-0.4, -0.2) is 62.1 Å². The molecule has 0 radical (unpaired) electrons. The van der Waals surface area contributed by atoms with Gasteiger partial charge in [0.15, 0.2) is 17.3 Å². The number of hydrogen-bond donors (Lipinski definition) is 2. The molecule has 1 amide bonds. The molecule has 8 rings (SSSR count). The highest BCUT2D eigenvalue weighted by atomic mass is 35.5. The molecule has 3 aromatic carbocycles. The van der Waals surface area contributed by atoms with Gasteiger partial charge in [0.2, 0.25) is 12.4 Å². The number of aromatic carboxylic acids is 1. The molecule has 12 nitrogen and oxygen atoms in total. The number of furan rings is 1. The number of rotatable bonds is 14. The number of amides is 1. The summed E-state index contributed by atoms with van der Waals surface area (Å²) < 4.78 is 29.8. The smallest absolute Gasteiger partial charge is 0.408 e. The lowest BCUT2D eigenvalue weighted by molar-refractivity contribution is -0.904. The Morgan fingerprint density at radius 1 is 0.929 bits per heavy atom. The van der Waals surface area contributed by atoms with Crippen LogP contribution >= 0.6 is 23.2 Å². The van der Waals surface area contributed by atoms with Crippen molar-refractivity contribution in [2.45, 2.75) is 43.9 Å². The SMILES string of the molecule is COc1ccc([C@@H](Cc2c(Cl)c[n+](O)cc2Cl)c2cc(COc3cccc([C@@H](NC(=O)O[C@H]4CN5CCC4CC5)c4ccccc4)c3)oc2C(=O)[O-])cc1OC. The highest BCUT2D eigenvalue weighted by molar-refractivity contribution is 6.35. The monoisotopic (exact) mass is 801 g/mol. The molecule has 2 bridgehead atoms. The first-order valence-electron chi connectivity index (χ1n) is 18.2. The zero-order valence-corrected chi connectivity index (χ0v) is 32.3. The number of nitrogens with zero attached hydrogens (tertiary/aromatic N) is 2. The Balaban J connectivity index is 1.15. The summed E-state index contributed by atoms with van der Waals surface area (Å²) in [5.41, 5.74) is 3.01. The number of alkyl carbamates (subject to hydrolysis) is 1. The normalized spacial score (nSPS) is 18.5. The lowest BCUT2D eigenvalue weighted by Gasteiger charge is -2.43. The van der Waals surface area contributed by atoms with Crippen molar-refractivity contribution in [1.82, 2.24) is 10.2 Å². The van der Waals surface area contributed by atoms with E-state index in [-0.39, 0.29) is 40.5 Å². The third-order valence-corrected chi connectivity index (χ3v) is 11.1. The van der Waals surface area contributed by atoms with Crippen molar-refractivity contribution in [2.75, 3.05) is 33.9 Å². The first-order valence-corrected chi connectivity index (χ1v) is 19.0. The second kappa shape index (κ2) is 17.2. The van der Waals surface area contributed by atoms with E-state index >= 15 is 0 Å². The predicted octanol–water partition coefficient (Wildman–Crippen LogP) is 6.36. The second-order valence-electron chi connectivity index (χ2n) is 13.9. The van der Waals surface area contributed by atoms with Gasteiger partial charge >= 0.3 is 6.09 Å². The average molecular weight is 803 g/mol. The maximum Gasteiger partial charge on any atom is 0.408 e. The number of ether oxygens (including phenoxy) is 4. The molecule has 5 heterocycles. The highest BCUT2D eigenvalue weighted by Gasteiger charge is 2.37. The molecule has 292 valence electrons. The van der Waals surface area contributed by atoms with Gasteiger partial charge in [-0.3, -0.25) is 10.1 Å². The number of carbonyl (C=O) groups excluding carboxylic acids is 2. The topological polar surface area (TPSA) is 147 Å². The van der Waals surface area contributed by atoms with Crippen LogP contribution in [0.1, 0.15) is 68.9 Å². The lowest BCUT2D eigenvalue weighted by Crippen LogP contribution is -2.52. The quantitative estimate of drug-likeness (QED) is 0.0962. The van der Waals surface area contributed by atoms with E-state index in [9.17, 15) is 19.9 Å². The molecule has 3 saturated heterocycles. The molecule has 0 unspecified atom stereocenters. The molecule has 56 heavy (non-hydrogen) atoms. The molecule has 5 aromatic rings. The summed E-state index contributed by atoms with van der Waals surface area (Å²) in [7, 11) is 3.01. The summed E-state index contributed by atoms with van der Waals surface area (Å²) in [6.45, 7) is 2.70. The summed E-state index contributed by atoms with van der Waals surface area (Å²) in [5, 5.41) is 26.0. The number of carboxylic acids is 1. The van der Waals surface area contributed by atoms with E-state index in [0.717, 1.165) is 48.3 Å². The Hall–Kier alpha value is -5.43. The number of benzene rings is 3. The number of carboxylic acid groups (broad SMARTS) is 1. The summed E-state index contributed by atoms with van der Waals surface area (Å²) in [6, 6.07) is 23.2. The molecule has 14 heteroatoms. The van der Waals surface area contributed by atoms with Crippen molar-refractivity contribution in [1.29, 1.82) is 0 Å². The zero-order chi connectivity index (χ0) is 39.3. The number of halogens is 2. The van der Waals surface area contributed by atoms with Gasteiger partial charge in [0.25, 0.3) is 0 Å². The first kappa shape index (κ1) is 38.8. The van der Waals surface area contributed by atoms with Gasteiger partial charge in [-0.25, -0.2) is 4.79 Å². The van der Waals surface area contributed by atoms with Gasteiger partial charge in [0, 0.05) is 28.3 Å². The van der Waals surface area contributed by atoms with Crippen LogP contribution in [0.2, 0.25) is 10.0 Å². The van der Waals surface area contributed by atoms with Gasteiger partial charge in [0.05, 0.1) is 20.3 Å². The number of methoxy groups -OCH3 is 2. The fourth-order valence-electron chi connectivity index (χ4n) is 7.64. The molecule has 2 N–H and O–H groups in total. The van der Waals surface area contributed by atoms with Crippen molar-refractivity contribution >= 4 is 35.3 Å². The zero-order valence-electron chi connectivity index (χ0n) is 30.8. The molecule has 2 aromatic heterocycles. The molecule has 0 spiro atoms. The van der Waals surface area contributed by atoms with E-state index in [1.807, 2.05) is 48.5 Å². The molecule has 0 aliphatic carbocycles. The van der Waals surface area contributed by atoms with Crippen LogP contribution in [0.3, 0.4) is 0 Å². The third kappa shape index (κ3) is 8.67. The summed E-state index contributed by atoms with van der Waals surface area (Å²) in [4.78, 5) is 28.2. The third-order valence-electron chi connectivity index (χ3n) is 10.5. The molecule has 3 fully saturated rings. The van der Waals surface area contributed by atoms with Gasteiger partial charge in [-0.15, -0.1) is 0 Å². The summed E-state index contributed by atoms with van der Waals surface area (Å²) in [5.74, 6) is -0.669. The van der Waals surface area contributed by atoms with E-state index < -0.39 is 29.8 Å².